The Kier molecular flexibility index (Phi) is 10.2. The highest BCUT2D eigenvalue weighted by atomic mass is 19.3. The van der Waals surface area contributed by atoms with Crippen molar-refractivity contribution in [1.82, 2.24) is 24.2 Å². The van der Waals surface area contributed by atoms with Gasteiger partial charge in [0.2, 0.25) is 0 Å². The number of carboxylic acids is 1. The molecule has 0 spiro atoms. The fourth-order valence-electron chi connectivity index (χ4n) is 5.78. The Hall–Kier alpha value is -4.58. The average molecular weight is 621 g/mol. The number of hydrogen-bond acceptors (Lipinski definition) is 7. The third kappa shape index (κ3) is 8.13. The Morgan fingerprint density at radius 1 is 1.13 bits per heavy atom. The van der Waals surface area contributed by atoms with Crippen LogP contribution in [0.1, 0.15) is 48.0 Å². The Morgan fingerprint density at radius 2 is 1.89 bits per heavy atom. The number of rotatable bonds is 13. The van der Waals surface area contributed by atoms with Crippen LogP contribution in [-0.2, 0) is 4.79 Å². The second-order valence-corrected chi connectivity index (χ2v) is 11.5. The first-order valence-electron chi connectivity index (χ1n) is 15.1. The van der Waals surface area contributed by atoms with Crippen molar-refractivity contribution in [1.29, 1.82) is 0 Å². The molecule has 1 fully saturated rings. The number of amides is 1. The zero-order chi connectivity index (χ0) is 31.9. The van der Waals surface area contributed by atoms with Crippen molar-refractivity contribution in [2.75, 3.05) is 38.5 Å². The molecule has 1 aliphatic heterocycles. The number of hydrogen-bond donors (Lipinski definition) is 2. The topological polar surface area (TPSA) is 112 Å². The molecule has 1 saturated heterocycles. The molecule has 2 N–H and O–H groups in total. The summed E-state index contributed by atoms with van der Waals surface area (Å²) < 4.78 is 31.3. The number of carbonyl (C=O) groups excluding carboxylic acids is 1. The van der Waals surface area contributed by atoms with E-state index in [1.165, 1.54) is 12.1 Å². The van der Waals surface area contributed by atoms with Gasteiger partial charge in [0.1, 0.15) is 5.75 Å². The number of imidazole rings is 1. The third-order valence-electron chi connectivity index (χ3n) is 8.31. The van der Waals surface area contributed by atoms with Crippen LogP contribution in [0.15, 0.2) is 61.1 Å². The van der Waals surface area contributed by atoms with Crippen molar-refractivity contribution in [3.63, 3.8) is 0 Å². The molecular weight excluding hydrogens is 582 g/mol. The van der Waals surface area contributed by atoms with Gasteiger partial charge in [0.15, 0.2) is 11.5 Å². The molecule has 1 amide bonds. The molecule has 238 valence electrons. The summed E-state index contributed by atoms with van der Waals surface area (Å²) in [4.78, 5) is 37.2. The van der Waals surface area contributed by atoms with Crippen LogP contribution in [0.25, 0.3) is 16.9 Å². The second kappa shape index (κ2) is 14.5. The van der Waals surface area contributed by atoms with E-state index in [1.807, 2.05) is 36.6 Å². The number of aromatic nitrogens is 3. The van der Waals surface area contributed by atoms with Gasteiger partial charge in [-0.25, -0.2) is 9.97 Å². The normalized spacial score (nSPS) is 14.2. The molecule has 2 aromatic carbocycles. The quantitative estimate of drug-likeness (QED) is 0.185. The van der Waals surface area contributed by atoms with E-state index in [9.17, 15) is 18.4 Å². The van der Waals surface area contributed by atoms with E-state index in [0.29, 0.717) is 35.9 Å². The lowest BCUT2D eigenvalue weighted by Crippen LogP contribution is -2.36. The van der Waals surface area contributed by atoms with Gasteiger partial charge < -0.3 is 25.0 Å². The monoisotopic (exact) mass is 620 g/mol. The number of fused-ring (bicyclic) bond motifs is 1. The van der Waals surface area contributed by atoms with Crippen molar-refractivity contribution < 1.29 is 28.2 Å². The Balaban J connectivity index is 1.17. The summed E-state index contributed by atoms with van der Waals surface area (Å²) in [5, 5.41) is 12.2. The summed E-state index contributed by atoms with van der Waals surface area (Å²) in [5.74, 6) is 0.406. The SMILES string of the molecule is Cc1cc(Nc2nccn3c(-c4ccc(OC(F)F)cc4)cnc23)ccc1C(=O)N(C)CCC1CCN(CCCC(=O)O)CC1. The molecule has 5 rings (SSSR count). The number of nitrogens with zero attached hydrogens (tertiary/aromatic N) is 5. The van der Waals surface area contributed by atoms with Crippen molar-refractivity contribution in [3.05, 3.63) is 72.2 Å². The molecule has 0 radical (unpaired) electrons. The summed E-state index contributed by atoms with van der Waals surface area (Å²) in [7, 11) is 1.84. The molecule has 1 aliphatic rings. The van der Waals surface area contributed by atoms with E-state index in [4.69, 9.17) is 5.11 Å². The van der Waals surface area contributed by atoms with Crippen LogP contribution >= 0.6 is 0 Å². The molecule has 4 aromatic rings. The summed E-state index contributed by atoms with van der Waals surface area (Å²) >= 11 is 0. The summed E-state index contributed by atoms with van der Waals surface area (Å²) in [6.45, 7) is 2.49. The van der Waals surface area contributed by atoms with Gasteiger partial charge in [0.25, 0.3) is 5.91 Å². The number of alkyl halides is 2. The van der Waals surface area contributed by atoms with Crippen LogP contribution in [-0.4, -0.2) is 81.0 Å². The van der Waals surface area contributed by atoms with Gasteiger partial charge in [-0.2, -0.15) is 8.78 Å². The highest BCUT2D eigenvalue weighted by molar-refractivity contribution is 5.96. The predicted octanol–water partition coefficient (Wildman–Crippen LogP) is 6.09. The fraction of sp³-hybridized carbons (Fsp3) is 0.394. The van der Waals surface area contributed by atoms with Gasteiger partial charge in [-0.05, 0) is 106 Å². The zero-order valence-electron chi connectivity index (χ0n) is 25.5. The maximum Gasteiger partial charge on any atom is 0.387 e. The number of piperidine rings is 1. The molecule has 0 atom stereocenters. The first-order valence-corrected chi connectivity index (χ1v) is 15.1. The number of carbonyl (C=O) groups is 2. The zero-order valence-corrected chi connectivity index (χ0v) is 25.5. The fourth-order valence-corrected chi connectivity index (χ4v) is 5.78. The molecular formula is C33H38F2N6O4. The van der Waals surface area contributed by atoms with E-state index >= 15 is 0 Å². The lowest BCUT2D eigenvalue weighted by atomic mass is 9.93. The number of aryl methyl sites for hydroxylation is 1. The largest absolute Gasteiger partial charge is 0.481 e. The standard InChI is InChI=1S/C33H38F2N6O4/c1-22-20-25(7-10-27(22)32(44)39(2)16-11-23-12-17-40(18-13-23)15-3-4-29(42)43)38-30-31-37-21-28(41(31)19-14-36-30)24-5-8-26(9-6-24)45-33(34)35/h5-10,14,19-21,23,33H,3-4,11-13,15-18H2,1-2H3,(H,36,38)(H,42,43). The average Bonchev–Trinajstić information content (AvgIpc) is 3.45. The van der Waals surface area contributed by atoms with E-state index in [0.717, 1.165) is 61.4 Å². The first kappa shape index (κ1) is 31.8. The van der Waals surface area contributed by atoms with E-state index in [1.54, 1.807) is 35.6 Å². The molecule has 10 nitrogen and oxygen atoms in total. The van der Waals surface area contributed by atoms with Gasteiger partial charge >= 0.3 is 12.6 Å². The summed E-state index contributed by atoms with van der Waals surface area (Å²) in [6, 6.07) is 12.0. The first-order chi connectivity index (χ1) is 21.7. The third-order valence-corrected chi connectivity index (χ3v) is 8.31. The van der Waals surface area contributed by atoms with Crippen LogP contribution in [0.2, 0.25) is 0 Å². The van der Waals surface area contributed by atoms with Crippen molar-refractivity contribution in [2.45, 2.75) is 45.6 Å². The molecule has 45 heavy (non-hydrogen) atoms. The van der Waals surface area contributed by atoms with Crippen LogP contribution in [0, 0.1) is 12.8 Å². The van der Waals surface area contributed by atoms with Crippen LogP contribution < -0.4 is 10.1 Å². The van der Waals surface area contributed by atoms with Gasteiger partial charge in [-0.15, -0.1) is 0 Å². The van der Waals surface area contributed by atoms with E-state index in [2.05, 4.69) is 24.9 Å². The number of ether oxygens (including phenoxy) is 1. The minimum atomic E-state index is -2.88. The molecule has 0 aliphatic carbocycles. The van der Waals surface area contributed by atoms with E-state index < -0.39 is 12.6 Å². The smallest absolute Gasteiger partial charge is 0.387 e. The lowest BCUT2D eigenvalue weighted by Gasteiger charge is -2.32. The van der Waals surface area contributed by atoms with Gasteiger partial charge in [-0.1, -0.05) is 0 Å². The maximum atomic E-state index is 13.3. The van der Waals surface area contributed by atoms with Crippen LogP contribution in [0.4, 0.5) is 20.3 Å². The minimum absolute atomic E-state index is 0.0201. The van der Waals surface area contributed by atoms with Crippen LogP contribution in [0.3, 0.4) is 0 Å². The molecule has 2 aromatic heterocycles. The van der Waals surface area contributed by atoms with Gasteiger partial charge in [-0.3, -0.25) is 14.0 Å². The predicted molar refractivity (Wildman–Crippen MR) is 167 cm³/mol. The lowest BCUT2D eigenvalue weighted by molar-refractivity contribution is -0.137. The van der Waals surface area contributed by atoms with E-state index in [-0.39, 0.29) is 18.1 Å². The van der Waals surface area contributed by atoms with Gasteiger partial charge in [0, 0.05) is 49.2 Å². The maximum absolute atomic E-state index is 13.3. The number of halogens is 2. The number of nitrogens with one attached hydrogen (secondary N) is 1. The van der Waals surface area contributed by atoms with Gasteiger partial charge in [0.05, 0.1) is 11.9 Å². The molecule has 3 heterocycles. The molecule has 12 heteroatoms. The number of likely N-dealkylation sites (tertiary alicyclic amines) is 1. The highest BCUT2D eigenvalue weighted by Gasteiger charge is 2.21. The number of carboxylic acid groups (broad SMARTS) is 1. The molecule has 0 saturated carbocycles. The van der Waals surface area contributed by atoms with Crippen molar-refractivity contribution in [3.8, 4) is 17.0 Å². The Morgan fingerprint density at radius 3 is 2.58 bits per heavy atom. The molecule has 0 bridgehead atoms. The highest BCUT2D eigenvalue weighted by Crippen LogP contribution is 2.28. The van der Waals surface area contributed by atoms with Crippen molar-refractivity contribution in [2.24, 2.45) is 5.92 Å². The molecule has 0 unspecified atom stereocenters. The Labute approximate surface area is 260 Å². The number of anilines is 2. The Bertz CT molecular complexity index is 1620. The summed E-state index contributed by atoms with van der Waals surface area (Å²) in [5.41, 5.74) is 4.38. The number of benzene rings is 2. The number of aliphatic carboxylic acids is 1. The summed E-state index contributed by atoms with van der Waals surface area (Å²) in [6.07, 6.45) is 9.09. The van der Waals surface area contributed by atoms with Crippen molar-refractivity contribution >= 4 is 29.0 Å². The van der Waals surface area contributed by atoms with Crippen LogP contribution in [0.5, 0.6) is 5.75 Å². The minimum Gasteiger partial charge on any atom is -0.481 e. The second-order valence-electron chi connectivity index (χ2n) is 11.5.